The second kappa shape index (κ2) is 11.4. The molecular weight excluding hydrogens is 504 g/mol. The number of nitrogens with one attached hydrogen (secondary N) is 3. The normalized spacial score (nSPS) is 19.5. The number of ether oxygens (including phenoxy) is 1. The number of aromatic nitrogens is 1. The van der Waals surface area contributed by atoms with Crippen LogP contribution in [0.5, 0.6) is 5.75 Å². The smallest absolute Gasteiger partial charge is 0.259 e. The highest BCUT2D eigenvalue weighted by molar-refractivity contribution is 6.08. The van der Waals surface area contributed by atoms with Gasteiger partial charge in [-0.3, -0.25) is 19.9 Å². The van der Waals surface area contributed by atoms with Crippen molar-refractivity contribution < 1.29 is 14.3 Å². The molecule has 9 heteroatoms. The Bertz CT molecular complexity index is 1400. The Morgan fingerprint density at radius 3 is 2.65 bits per heavy atom. The van der Waals surface area contributed by atoms with E-state index >= 15 is 0 Å². The third kappa shape index (κ3) is 5.50. The number of anilines is 1. The number of benzene rings is 2. The lowest BCUT2D eigenvalue weighted by Gasteiger charge is -2.33. The van der Waals surface area contributed by atoms with Crippen molar-refractivity contribution in [3.8, 4) is 16.9 Å². The van der Waals surface area contributed by atoms with Gasteiger partial charge in [-0.25, -0.2) is 4.98 Å². The van der Waals surface area contributed by atoms with Crippen LogP contribution in [0.4, 0.5) is 5.82 Å². The second-order valence-electron chi connectivity index (χ2n) is 10.6. The molecule has 5 rings (SSSR count). The Hall–Kier alpha value is -4.40. The van der Waals surface area contributed by atoms with Crippen LogP contribution in [0.25, 0.3) is 11.1 Å². The molecule has 0 aliphatic carbocycles. The number of carbonyl (C=O) groups is 2. The first-order valence-corrected chi connectivity index (χ1v) is 13.7. The minimum absolute atomic E-state index is 0.0873. The molecule has 2 saturated heterocycles. The fourth-order valence-corrected chi connectivity index (χ4v) is 5.54. The number of nitrogens with zero attached hydrogens (tertiary/aromatic N) is 3. The van der Waals surface area contributed by atoms with E-state index in [-0.39, 0.29) is 23.7 Å². The van der Waals surface area contributed by atoms with Crippen molar-refractivity contribution in [3.05, 3.63) is 78.0 Å². The Kier molecular flexibility index (Phi) is 7.73. The van der Waals surface area contributed by atoms with Gasteiger partial charge in [0.2, 0.25) is 5.91 Å². The Labute approximate surface area is 235 Å². The first kappa shape index (κ1) is 27.2. The maximum absolute atomic E-state index is 13.8. The van der Waals surface area contributed by atoms with Gasteiger partial charge in [-0.05, 0) is 78.3 Å². The minimum atomic E-state index is -1.06. The maximum atomic E-state index is 13.8. The molecule has 0 saturated carbocycles. The van der Waals surface area contributed by atoms with Crippen LogP contribution < -0.4 is 15.4 Å². The lowest BCUT2D eigenvalue weighted by molar-refractivity contribution is -0.133. The van der Waals surface area contributed by atoms with Crippen LogP contribution >= 0.6 is 0 Å². The fraction of sp³-hybridized carbons (Fsp3) is 0.355. The number of rotatable bonds is 8. The second-order valence-corrected chi connectivity index (χ2v) is 10.6. The summed E-state index contributed by atoms with van der Waals surface area (Å²) in [5.41, 5.74) is 2.73. The lowest BCUT2D eigenvalue weighted by atomic mass is 9.88. The van der Waals surface area contributed by atoms with Crippen molar-refractivity contribution >= 4 is 23.6 Å². The molecule has 0 radical (unpaired) electrons. The summed E-state index contributed by atoms with van der Waals surface area (Å²) in [7, 11) is 1.65. The average molecular weight is 541 g/mol. The van der Waals surface area contributed by atoms with Crippen LogP contribution in [0.15, 0.2) is 66.9 Å². The number of hydrogen-bond donors (Lipinski definition) is 3. The van der Waals surface area contributed by atoms with Crippen LogP contribution in [0.1, 0.15) is 37.8 Å². The van der Waals surface area contributed by atoms with Crippen LogP contribution in [-0.4, -0.2) is 59.3 Å². The number of amides is 2. The fourth-order valence-electron chi connectivity index (χ4n) is 5.54. The molecular formula is C31H36N6O3. The van der Waals surface area contributed by atoms with Crippen LogP contribution in [0.2, 0.25) is 0 Å². The monoisotopic (exact) mass is 540 g/mol. The van der Waals surface area contributed by atoms with Crippen LogP contribution in [-0.2, 0) is 21.7 Å². The molecule has 9 nitrogen and oxygen atoms in total. The van der Waals surface area contributed by atoms with Gasteiger partial charge in [0.05, 0.1) is 7.11 Å². The van der Waals surface area contributed by atoms with Crippen molar-refractivity contribution in [2.75, 3.05) is 32.1 Å². The Morgan fingerprint density at radius 2 is 1.95 bits per heavy atom. The highest BCUT2D eigenvalue weighted by atomic mass is 16.5. The van der Waals surface area contributed by atoms with E-state index in [1.807, 2.05) is 72.5 Å². The van der Waals surface area contributed by atoms with E-state index in [4.69, 9.17) is 10.1 Å². The van der Waals surface area contributed by atoms with Gasteiger partial charge in [0, 0.05) is 39.3 Å². The van der Waals surface area contributed by atoms with Crippen molar-refractivity contribution in [2.24, 2.45) is 5.92 Å². The van der Waals surface area contributed by atoms with E-state index in [2.05, 4.69) is 15.6 Å². The number of piperidine rings is 1. The summed E-state index contributed by atoms with van der Waals surface area (Å²) in [5.74, 6) is 1.86. The van der Waals surface area contributed by atoms with Crippen LogP contribution in [0, 0.1) is 11.3 Å². The molecule has 2 aliphatic heterocycles. The van der Waals surface area contributed by atoms with E-state index in [0.717, 1.165) is 46.7 Å². The number of likely N-dealkylation sites (tertiary alicyclic amines) is 1. The zero-order chi connectivity index (χ0) is 28.3. The summed E-state index contributed by atoms with van der Waals surface area (Å²) in [6.07, 6.45) is 3.41. The quantitative estimate of drug-likeness (QED) is 0.395. The summed E-state index contributed by atoms with van der Waals surface area (Å²) in [6, 6.07) is 19.6. The van der Waals surface area contributed by atoms with Gasteiger partial charge in [-0.1, -0.05) is 30.3 Å². The third-order valence-corrected chi connectivity index (χ3v) is 8.00. The van der Waals surface area contributed by atoms with Crippen molar-refractivity contribution in [3.63, 3.8) is 0 Å². The topological polar surface area (TPSA) is 111 Å². The molecule has 1 aromatic heterocycles. The zero-order valence-corrected chi connectivity index (χ0v) is 23.2. The molecule has 3 aromatic rings. The van der Waals surface area contributed by atoms with E-state index in [1.54, 1.807) is 25.1 Å². The maximum Gasteiger partial charge on any atom is 0.259 e. The number of guanidine groups is 1. The number of methoxy groups -OCH3 is 1. The van der Waals surface area contributed by atoms with Gasteiger partial charge in [0.25, 0.3) is 5.91 Å². The standard InChI is InChI=1S/C31H36N6O3/c1-21(38)36-15-12-22(13-16-36)20-37-29(39)31(2,35-30(37)32)25-8-6-7-23(17-25)27-18-26(40-3)11-10-24(27)19-34-28-9-4-5-14-33-28/h4-11,14,17-18,22H,12-13,15-16,19-20H2,1-3H3,(H2,32,35)(H,33,34). The molecule has 1 atom stereocenters. The summed E-state index contributed by atoms with van der Waals surface area (Å²) < 4.78 is 5.53. The van der Waals surface area contributed by atoms with Gasteiger partial charge in [0.15, 0.2) is 5.96 Å². The van der Waals surface area contributed by atoms with Gasteiger partial charge in [-0.15, -0.1) is 0 Å². The molecule has 208 valence electrons. The Morgan fingerprint density at radius 1 is 1.15 bits per heavy atom. The lowest BCUT2D eigenvalue weighted by Crippen LogP contribution is -2.43. The molecule has 0 bridgehead atoms. The van der Waals surface area contributed by atoms with Crippen molar-refractivity contribution in [1.82, 2.24) is 20.1 Å². The molecule has 2 amide bonds. The molecule has 40 heavy (non-hydrogen) atoms. The summed E-state index contributed by atoms with van der Waals surface area (Å²) in [4.78, 5) is 33.2. The number of carbonyl (C=O) groups excluding carboxylic acids is 2. The third-order valence-electron chi connectivity index (χ3n) is 8.00. The van der Waals surface area contributed by atoms with Gasteiger partial charge >= 0.3 is 0 Å². The Balaban J connectivity index is 1.37. The first-order valence-electron chi connectivity index (χ1n) is 13.7. The number of hydrogen-bond acceptors (Lipinski definition) is 6. The van der Waals surface area contributed by atoms with E-state index < -0.39 is 5.54 Å². The zero-order valence-electron chi connectivity index (χ0n) is 23.2. The first-order chi connectivity index (χ1) is 19.3. The van der Waals surface area contributed by atoms with E-state index in [0.29, 0.717) is 26.2 Å². The van der Waals surface area contributed by atoms with Gasteiger partial charge < -0.3 is 20.3 Å². The molecule has 1 unspecified atom stereocenters. The largest absolute Gasteiger partial charge is 0.497 e. The number of pyridine rings is 1. The molecule has 2 aliphatic rings. The minimum Gasteiger partial charge on any atom is -0.497 e. The summed E-state index contributed by atoms with van der Waals surface area (Å²) in [6.45, 7) is 5.87. The molecule has 3 N–H and O–H groups in total. The molecule has 2 aromatic carbocycles. The average Bonchev–Trinajstić information content (AvgIpc) is 3.20. The van der Waals surface area contributed by atoms with E-state index in [1.165, 1.54) is 0 Å². The van der Waals surface area contributed by atoms with Crippen LogP contribution in [0.3, 0.4) is 0 Å². The highest BCUT2D eigenvalue weighted by Gasteiger charge is 2.47. The summed E-state index contributed by atoms with van der Waals surface area (Å²) >= 11 is 0. The van der Waals surface area contributed by atoms with Crippen molar-refractivity contribution in [2.45, 2.75) is 38.8 Å². The van der Waals surface area contributed by atoms with Crippen molar-refractivity contribution in [1.29, 1.82) is 5.41 Å². The summed E-state index contributed by atoms with van der Waals surface area (Å²) in [5, 5.41) is 15.2. The molecule has 2 fully saturated rings. The predicted octanol–water partition coefficient (Wildman–Crippen LogP) is 4.21. The molecule has 0 spiro atoms. The van der Waals surface area contributed by atoms with Gasteiger partial charge in [0.1, 0.15) is 17.1 Å². The van der Waals surface area contributed by atoms with E-state index in [9.17, 15) is 9.59 Å². The SMILES string of the molecule is COc1ccc(CNc2ccccn2)c(-c2cccc(C3(C)NC(=N)N(CC4CCN(C(C)=O)CC4)C3=O)c2)c1. The highest BCUT2D eigenvalue weighted by Crippen LogP contribution is 2.35. The molecule has 3 heterocycles. The predicted molar refractivity (Wildman–Crippen MR) is 155 cm³/mol. The van der Waals surface area contributed by atoms with Gasteiger partial charge in [-0.2, -0.15) is 0 Å².